The first-order chi connectivity index (χ1) is 8.90. The maximum absolute atomic E-state index is 11.7. The molecular formula is C15H22O4. The molecule has 0 aromatic carbocycles. The van der Waals surface area contributed by atoms with Crippen LogP contribution in [0.25, 0.3) is 0 Å². The van der Waals surface area contributed by atoms with Crippen LogP contribution in [-0.4, -0.2) is 34.5 Å². The third-order valence-electron chi connectivity index (χ3n) is 4.20. The smallest absolute Gasteiger partial charge is 0.309 e. The zero-order valence-electron chi connectivity index (χ0n) is 11.7. The highest BCUT2D eigenvalue weighted by molar-refractivity contribution is 5.75. The molecule has 5 atom stereocenters. The average Bonchev–Trinajstić information content (AvgIpc) is 2.60. The average molecular weight is 266 g/mol. The highest BCUT2D eigenvalue weighted by Gasteiger charge is 2.44. The number of aliphatic hydroxyl groups is 2. The summed E-state index contributed by atoms with van der Waals surface area (Å²) in [5.41, 5.74) is 1.84. The molecule has 0 aromatic rings. The van der Waals surface area contributed by atoms with E-state index >= 15 is 0 Å². The number of hydrogen-bond acceptors (Lipinski definition) is 4. The molecule has 0 bridgehead atoms. The molecule has 4 heteroatoms. The number of rotatable bonds is 0. The summed E-state index contributed by atoms with van der Waals surface area (Å²) >= 11 is 0. The highest BCUT2D eigenvalue weighted by Crippen LogP contribution is 2.34. The van der Waals surface area contributed by atoms with Gasteiger partial charge in [0.15, 0.2) is 0 Å². The van der Waals surface area contributed by atoms with Crippen molar-refractivity contribution in [3.8, 4) is 0 Å². The Morgan fingerprint density at radius 2 is 1.95 bits per heavy atom. The topological polar surface area (TPSA) is 66.8 Å². The number of carbonyl (C=O) groups is 1. The van der Waals surface area contributed by atoms with Gasteiger partial charge in [-0.1, -0.05) is 18.6 Å². The van der Waals surface area contributed by atoms with Crippen molar-refractivity contribution >= 4 is 5.97 Å². The zero-order chi connectivity index (χ0) is 14.2. The lowest BCUT2D eigenvalue weighted by Gasteiger charge is -2.24. The molecule has 4 nitrogen and oxygen atoms in total. The number of esters is 1. The normalized spacial score (nSPS) is 45.5. The Hall–Kier alpha value is -1.13. The van der Waals surface area contributed by atoms with Crippen LogP contribution in [0.5, 0.6) is 0 Å². The quantitative estimate of drug-likeness (QED) is 0.516. The molecule has 0 radical (unpaired) electrons. The molecule has 2 rings (SSSR count). The minimum absolute atomic E-state index is 0.260. The third-order valence-corrected chi connectivity index (χ3v) is 4.20. The van der Waals surface area contributed by atoms with E-state index in [9.17, 15) is 15.0 Å². The SMILES string of the molecule is C/C1=C/[C@H](O)[C@H]2[C@H](C)C(=O)O[C@@H]2/C=C(\C)CC[C@@H]1O. The number of fused-ring (bicyclic) bond motifs is 1. The van der Waals surface area contributed by atoms with E-state index in [2.05, 4.69) is 0 Å². The molecule has 0 spiro atoms. The van der Waals surface area contributed by atoms with E-state index in [1.165, 1.54) is 0 Å². The molecule has 1 heterocycles. The van der Waals surface area contributed by atoms with Gasteiger partial charge in [0.05, 0.1) is 18.1 Å². The van der Waals surface area contributed by atoms with Crippen molar-refractivity contribution in [1.82, 2.24) is 0 Å². The van der Waals surface area contributed by atoms with Gasteiger partial charge < -0.3 is 14.9 Å². The van der Waals surface area contributed by atoms with Crippen molar-refractivity contribution in [3.05, 3.63) is 23.3 Å². The maximum Gasteiger partial charge on any atom is 0.309 e. The Kier molecular flexibility index (Phi) is 4.11. The largest absolute Gasteiger partial charge is 0.457 e. The van der Waals surface area contributed by atoms with E-state index < -0.39 is 12.2 Å². The standard InChI is InChI=1S/C15H22O4/c1-8-4-5-11(16)9(2)7-12(17)14-10(3)15(18)19-13(14)6-8/h6-7,10-14,16-17H,4-5H2,1-3H3/b8-6+,9-7-/t10-,11-,12-,13+,14+/m0/s1. The van der Waals surface area contributed by atoms with Gasteiger partial charge in [-0.3, -0.25) is 4.79 Å². The predicted molar refractivity (Wildman–Crippen MR) is 71.3 cm³/mol. The molecule has 1 aliphatic carbocycles. The first kappa shape index (κ1) is 14.3. The molecule has 0 unspecified atom stereocenters. The summed E-state index contributed by atoms with van der Waals surface area (Å²) in [5, 5.41) is 20.3. The van der Waals surface area contributed by atoms with E-state index in [1.807, 2.05) is 19.9 Å². The summed E-state index contributed by atoms with van der Waals surface area (Å²) in [7, 11) is 0. The van der Waals surface area contributed by atoms with Gasteiger partial charge >= 0.3 is 5.97 Å². The van der Waals surface area contributed by atoms with Crippen LogP contribution < -0.4 is 0 Å². The van der Waals surface area contributed by atoms with Crippen LogP contribution in [0.1, 0.15) is 33.6 Å². The maximum atomic E-state index is 11.7. The van der Waals surface area contributed by atoms with Gasteiger partial charge in [0.2, 0.25) is 0 Å². The number of carbonyl (C=O) groups excluding carboxylic acids is 1. The predicted octanol–water partition coefficient (Wildman–Crippen LogP) is 1.57. The third kappa shape index (κ3) is 2.90. The van der Waals surface area contributed by atoms with E-state index in [1.54, 1.807) is 13.0 Å². The van der Waals surface area contributed by atoms with Crippen molar-refractivity contribution in [2.45, 2.75) is 51.9 Å². The molecular weight excluding hydrogens is 244 g/mol. The summed E-state index contributed by atoms with van der Waals surface area (Å²) in [6, 6.07) is 0. The van der Waals surface area contributed by atoms with E-state index in [-0.39, 0.29) is 23.9 Å². The van der Waals surface area contributed by atoms with E-state index in [0.29, 0.717) is 6.42 Å². The van der Waals surface area contributed by atoms with Crippen LogP contribution in [0, 0.1) is 11.8 Å². The van der Waals surface area contributed by atoms with Gasteiger partial charge in [0.1, 0.15) is 6.10 Å². The van der Waals surface area contributed by atoms with Gasteiger partial charge in [-0.2, -0.15) is 0 Å². The first-order valence-electron chi connectivity index (χ1n) is 6.82. The molecule has 2 aliphatic rings. The number of ether oxygens (including phenoxy) is 1. The van der Waals surface area contributed by atoms with Crippen LogP contribution in [0.4, 0.5) is 0 Å². The van der Waals surface area contributed by atoms with Gasteiger partial charge in [0, 0.05) is 5.92 Å². The van der Waals surface area contributed by atoms with Crippen molar-refractivity contribution in [2.24, 2.45) is 11.8 Å². The summed E-state index contributed by atoms with van der Waals surface area (Å²) < 4.78 is 5.35. The van der Waals surface area contributed by atoms with Crippen LogP contribution in [0.3, 0.4) is 0 Å². The van der Waals surface area contributed by atoms with Crippen molar-refractivity contribution in [2.75, 3.05) is 0 Å². The summed E-state index contributed by atoms with van der Waals surface area (Å²) in [6.45, 7) is 5.56. The Bertz CT molecular complexity index is 424. The van der Waals surface area contributed by atoms with Crippen molar-refractivity contribution in [1.29, 1.82) is 0 Å². The number of hydrogen-bond donors (Lipinski definition) is 2. The molecule has 0 amide bonds. The Labute approximate surface area is 113 Å². The summed E-state index contributed by atoms with van der Waals surface area (Å²) in [6.07, 6.45) is 3.28. The fourth-order valence-corrected chi connectivity index (χ4v) is 2.84. The summed E-state index contributed by atoms with van der Waals surface area (Å²) in [5.74, 6) is -0.865. The molecule has 0 saturated carbocycles. The molecule has 1 fully saturated rings. The lowest BCUT2D eigenvalue weighted by molar-refractivity contribution is -0.142. The molecule has 2 N–H and O–H groups in total. The lowest BCUT2D eigenvalue weighted by Crippen LogP contribution is -2.31. The minimum atomic E-state index is -0.775. The molecule has 106 valence electrons. The zero-order valence-corrected chi connectivity index (χ0v) is 11.7. The number of aliphatic hydroxyl groups excluding tert-OH is 2. The Balaban J connectivity index is 2.35. The van der Waals surface area contributed by atoms with Gasteiger partial charge in [-0.15, -0.1) is 0 Å². The fourth-order valence-electron chi connectivity index (χ4n) is 2.84. The van der Waals surface area contributed by atoms with E-state index in [4.69, 9.17) is 4.74 Å². The highest BCUT2D eigenvalue weighted by atomic mass is 16.6. The molecule has 0 aromatic heterocycles. The lowest BCUT2D eigenvalue weighted by atomic mass is 9.83. The Morgan fingerprint density at radius 1 is 1.26 bits per heavy atom. The van der Waals surface area contributed by atoms with E-state index in [0.717, 1.165) is 17.6 Å². The monoisotopic (exact) mass is 266 g/mol. The number of allylic oxidation sites excluding steroid dienone is 1. The van der Waals surface area contributed by atoms with Crippen LogP contribution in [0.15, 0.2) is 23.3 Å². The van der Waals surface area contributed by atoms with Crippen LogP contribution in [-0.2, 0) is 9.53 Å². The second-order valence-electron chi connectivity index (χ2n) is 5.74. The second kappa shape index (κ2) is 5.47. The van der Waals surface area contributed by atoms with Crippen molar-refractivity contribution in [3.63, 3.8) is 0 Å². The molecule has 1 aliphatic heterocycles. The fraction of sp³-hybridized carbons (Fsp3) is 0.667. The van der Waals surface area contributed by atoms with Crippen LogP contribution in [0.2, 0.25) is 0 Å². The van der Waals surface area contributed by atoms with Gasteiger partial charge in [0.25, 0.3) is 0 Å². The Morgan fingerprint density at radius 3 is 2.63 bits per heavy atom. The van der Waals surface area contributed by atoms with Gasteiger partial charge in [-0.05, 0) is 38.3 Å². The molecule has 19 heavy (non-hydrogen) atoms. The first-order valence-corrected chi connectivity index (χ1v) is 6.82. The van der Waals surface area contributed by atoms with Gasteiger partial charge in [-0.25, -0.2) is 0 Å². The minimum Gasteiger partial charge on any atom is -0.457 e. The molecule has 1 saturated heterocycles. The van der Waals surface area contributed by atoms with Crippen molar-refractivity contribution < 1.29 is 19.7 Å². The van der Waals surface area contributed by atoms with Crippen LogP contribution >= 0.6 is 0 Å². The summed E-state index contributed by atoms with van der Waals surface area (Å²) in [4.78, 5) is 11.7. The second-order valence-corrected chi connectivity index (χ2v) is 5.74.